The van der Waals surface area contributed by atoms with Gasteiger partial charge in [0.15, 0.2) is 0 Å². The third-order valence-corrected chi connectivity index (χ3v) is 4.71. The number of ether oxygens (including phenoxy) is 2. The molecule has 2 rings (SSSR count). The van der Waals surface area contributed by atoms with Crippen molar-refractivity contribution in [2.45, 2.75) is 39.3 Å². The van der Waals surface area contributed by atoms with Crippen LogP contribution in [0.3, 0.4) is 0 Å². The first-order valence-corrected chi connectivity index (χ1v) is 9.43. The fourth-order valence-electron chi connectivity index (χ4n) is 3.09. The van der Waals surface area contributed by atoms with Crippen molar-refractivity contribution in [3.05, 3.63) is 23.8 Å². The third kappa shape index (κ3) is 6.43. The Hall–Kier alpha value is -2.28. The standard InChI is InChI=1S/C20H31N3O4/c1-14(2)5-7-23-8-6-21-20(25)18(23)12-19(24)22-13-15-9-16(26-3)11-17(10-15)27-4/h9-11,14,18H,5-8,12-13H2,1-4H3,(H,21,25)(H,22,24). The van der Waals surface area contributed by atoms with Gasteiger partial charge in [-0.05, 0) is 36.6 Å². The highest BCUT2D eigenvalue weighted by molar-refractivity contribution is 5.88. The van der Waals surface area contributed by atoms with E-state index >= 15 is 0 Å². The molecule has 0 saturated carbocycles. The molecule has 1 atom stereocenters. The van der Waals surface area contributed by atoms with Crippen LogP contribution in [0.4, 0.5) is 0 Å². The van der Waals surface area contributed by atoms with E-state index in [2.05, 4.69) is 29.4 Å². The van der Waals surface area contributed by atoms with Crippen molar-refractivity contribution >= 4 is 11.8 Å². The van der Waals surface area contributed by atoms with Crippen LogP contribution in [0.5, 0.6) is 11.5 Å². The second-order valence-electron chi connectivity index (χ2n) is 7.23. The lowest BCUT2D eigenvalue weighted by atomic mass is 10.1. The van der Waals surface area contributed by atoms with Gasteiger partial charge in [0.1, 0.15) is 11.5 Å². The van der Waals surface area contributed by atoms with Gasteiger partial charge in [0, 0.05) is 25.7 Å². The summed E-state index contributed by atoms with van der Waals surface area (Å²) in [4.78, 5) is 26.8. The molecule has 7 heteroatoms. The van der Waals surface area contributed by atoms with Crippen molar-refractivity contribution < 1.29 is 19.1 Å². The Balaban J connectivity index is 1.94. The fraction of sp³-hybridized carbons (Fsp3) is 0.600. The van der Waals surface area contributed by atoms with E-state index in [1.807, 2.05) is 12.1 Å². The molecule has 1 saturated heterocycles. The number of rotatable bonds is 9. The van der Waals surface area contributed by atoms with Crippen molar-refractivity contribution in [3.8, 4) is 11.5 Å². The van der Waals surface area contributed by atoms with Crippen LogP contribution in [0.25, 0.3) is 0 Å². The summed E-state index contributed by atoms with van der Waals surface area (Å²) in [7, 11) is 3.18. The quantitative estimate of drug-likeness (QED) is 0.683. The highest BCUT2D eigenvalue weighted by atomic mass is 16.5. The van der Waals surface area contributed by atoms with E-state index in [0.717, 1.165) is 25.1 Å². The molecule has 1 aromatic carbocycles. The van der Waals surface area contributed by atoms with Crippen LogP contribution < -0.4 is 20.1 Å². The van der Waals surface area contributed by atoms with E-state index in [1.54, 1.807) is 20.3 Å². The van der Waals surface area contributed by atoms with Crippen LogP contribution in [0.1, 0.15) is 32.3 Å². The van der Waals surface area contributed by atoms with Crippen molar-refractivity contribution in [2.75, 3.05) is 33.9 Å². The first-order chi connectivity index (χ1) is 12.9. The number of benzene rings is 1. The van der Waals surface area contributed by atoms with Gasteiger partial charge in [-0.3, -0.25) is 14.5 Å². The molecule has 1 fully saturated rings. The maximum atomic E-state index is 12.4. The Morgan fingerprint density at radius 3 is 2.52 bits per heavy atom. The summed E-state index contributed by atoms with van der Waals surface area (Å²) in [6, 6.07) is 5.08. The maximum Gasteiger partial charge on any atom is 0.237 e. The normalized spacial score (nSPS) is 17.5. The highest BCUT2D eigenvalue weighted by Crippen LogP contribution is 2.22. The molecule has 1 aliphatic heterocycles. The third-order valence-electron chi connectivity index (χ3n) is 4.71. The van der Waals surface area contributed by atoms with E-state index in [4.69, 9.17) is 9.47 Å². The number of piperazine rings is 1. The van der Waals surface area contributed by atoms with Crippen LogP contribution >= 0.6 is 0 Å². The molecule has 1 aromatic rings. The summed E-state index contributed by atoms with van der Waals surface area (Å²) in [5.41, 5.74) is 0.879. The first-order valence-electron chi connectivity index (χ1n) is 9.43. The van der Waals surface area contributed by atoms with E-state index in [-0.39, 0.29) is 18.2 Å². The number of nitrogens with zero attached hydrogens (tertiary/aromatic N) is 1. The molecule has 2 N–H and O–H groups in total. The van der Waals surface area contributed by atoms with Gasteiger partial charge >= 0.3 is 0 Å². The molecular formula is C20H31N3O4. The predicted octanol–water partition coefficient (Wildman–Crippen LogP) is 1.56. The summed E-state index contributed by atoms with van der Waals surface area (Å²) in [5, 5.41) is 5.76. The molecule has 7 nitrogen and oxygen atoms in total. The van der Waals surface area contributed by atoms with Gasteiger partial charge in [0.05, 0.1) is 26.7 Å². The van der Waals surface area contributed by atoms with Crippen molar-refractivity contribution in [2.24, 2.45) is 5.92 Å². The molecule has 1 aliphatic rings. The minimum absolute atomic E-state index is 0.0665. The number of carbonyl (C=O) groups excluding carboxylic acids is 2. The average Bonchev–Trinajstić information content (AvgIpc) is 2.66. The Kier molecular flexibility index (Phi) is 7.91. The second-order valence-corrected chi connectivity index (χ2v) is 7.23. The number of methoxy groups -OCH3 is 2. The van der Waals surface area contributed by atoms with Crippen LogP contribution in [-0.4, -0.2) is 56.6 Å². The minimum Gasteiger partial charge on any atom is -0.497 e. The highest BCUT2D eigenvalue weighted by Gasteiger charge is 2.31. The SMILES string of the molecule is COc1cc(CNC(=O)CC2C(=O)NCCN2CCC(C)C)cc(OC)c1. The zero-order chi connectivity index (χ0) is 19.8. The van der Waals surface area contributed by atoms with Gasteiger partial charge in [-0.2, -0.15) is 0 Å². The number of hydrogen-bond acceptors (Lipinski definition) is 5. The van der Waals surface area contributed by atoms with Crippen LogP contribution in [0.2, 0.25) is 0 Å². The van der Waals surface area contributed by atoms with Crippen molar-refractivity contribution in [1.82, 2.24) is 15.5 Å². The van der Waals surface area contributed by atoms with Crippen LogP contribution in [-0.2, 0) is 16.1 Å². The van der Waals surface area contributed by atoms with E-state index in [0.29, 0.717) is 30.5 Å². The molecule has 0 aromatic heterocycles. The lowest BCUT2D eigenvalue weighted by Gasteiger charge is -2.35. The van der Waals surface area contributed by atoms with Crippen LogP contribution in [0.15, 0.2) is 18.2 Å². The van der Waals surface area contributed by atoms with Gasteiger partial charge in [0.25, 0.3) is 0 Å². The lowest BCUT2D eigenvalue weighted by molar-refractivity contribution is -0.134. The zero-order valence-electron chi connectivity index (χ0n) is 16.7. The summed E-state index contributed by atoms with van der Waals surface area (Å²) in [6.45, 7) is 6.92. The Bertz CT molecular complexity index is 626. The number of amides is 2. The van der Waals surface area contributed by atoms with Crippen LogP contribution in [0, 0.1) is 5.92 Å². The molecule has 0 radical (unpaired) electrons. The summed E-state index contributed by atoms with van der Waals surface area (Å²) < 4.78 is 10.5. The van der Waals surface area contributed by atoms with Crippen molar-refractivity contribution in [3.63, 3.8) is 0 Å². The largest absolute Gasteiger partial charge is 0.497 e. The second kappa shape index (κ2) is 10.2. The number of nitrogens with one attached hydrogen (secondary N) is 2. The fourth-order valence-corrected chi connectivity index (χ4v) is 3.09. The van der Waals surface area contributed by atoms with E-state index in [1.165, 1.54) is 0 Å². The molecule has 1 unspecified atom stereocenters. The maximum absolute atomic E-state index is 12.4. The minimum atomic E-state index is -0.405. The smallest absolute Gasteiger partial charge is 0.237 e. The molecular weight excluding hydrogens is 346 g/mol. The molecule has 0 aliphatic carbocycles. The molecule has 2 amide bonds. The molecule has 27 heavy (non-hydrogen) atoms. The van der Waals surface area contributed by atoms with Gasteiger partial charge < -0.3 is 20.1 Å². The van der Waals surface area contributed by atoms with Crippen molar-refractivity contribution in [1.29, 1.82) is 0 Å². The Morgan fingerprint density at radius 2 is 1.93 bits per heavy atom. The summed E-state index contributed by atoms with van der Waals surface area (Å²) in [5.74, 6) is 1.69. The first kappa shape index (κ1) is 21.0. The summed E-state index contributed by atoms with van der Waals surface area (Å²) in [6.07, 6.45) is 1.17. The zero-order valence-corrected chi connectivity index (χ0v) is 16.7. The predicted molar refractivity (Wildman–Crippen MR) is 104 cm³/mol. The monoisotopic (exact) mass is 377 g/mol. The molecule has 150 valence electrons. The Labute approximate surface area is 161 Å². The van der Waals surface area contributed by atoms with Gasteiger partial charge in [-0.15, -0.1) is 0 Å². The molecule has 0 bridgehead atoms. The van der Waals surface area contributed by atoms with E-state index in [9.17, 15) is 9.59 Å². The van der Waals surface area contributed by atoms with Gasteiger partial charge in [0.2, 0.25) is 11.8 Å². The Morgan fingerprint density at radius 1 is 1.26 bits per heavy atom. The molecule has 0 spiro atoms. The number of hydrogen-bond donors (Lipinski definition) is 2. The molecule has 1 heterocycles. The van der Waals surface area contributed by atoms with Gasteiger partial charge in [-0.25, -0.2) is 0 Å². The topological polar surface area (TPSA) is 79.9 Å². The lowest BCUT2D eigenvalue weighted by Crippen LogP contribution is -2.56. The van der Waals surface area contributed by atoms with Gasteiger partial charge in [-0.1, -0.05) is 13.8 Å². The number of carbonyl (C=O) groups is 2. The van der Waals surface area contributed by atoms with E-state index < -0.39 is 6.04 Å². The summed E-state index contributed by atoms with van der Waals surface area (Å²) >= 11 is 0. The average molecular weight is 377 g/mol.